The van der Waals surface area contributed by atoms with E-state index in [0.717, 1.165) is 17.5 Å². The predicted molar refractivity (Wildman–Crippen MR) is 126 cm³/mol. The number of nitrogens with zero attached hydrogens (tertiary/aromatic N) is 1. The summed E-state index contributed by atoms with van der Waals surface area (Å²) in [5, 5.41) is 3.35. The van der Waals surface area contributed by atoms with Crippen LogP contribution in [0, 0.1) is 5.82 Å². The first-order chi connectivity index (χ1) is 14.5. The number of allylic oxidation sites excluding steroid dienone is 1. The summed E-state index contributed by atoms with van der Waals surface area (Å²) in [6, 6.07) is 15.8. The van der Waals surface area contributed by atoms with Crippen LogP contribution in [0.5, 0.6) is 0 Å². The van der Waals surface area contributed by atoms with Crippen LogP contribution in [0.4, 0.5) is 10.2 Å². The predicted octanol–water partition coefficient (Wildman–Crippen LogP) is 5.59. The molecule has 4 nitrogen and oxygen atoms in total. The van der Waals surface area contributed by atoms with Crippen LogP contribution >= 0.6 is 12.4 Å². The Morgan fingerprint density at radius 3 is 2.52 bits per heavy atom. The van der Waals surface area contributed by atoms with Crippen molar-refractivity contribution in [2.24, 2.45) is 5.73 Å². The van der Waals surface area contributed by atoms with E-state index in [1.54, 1.807) is 24.4 Å². The highest BCUT2D eigenvalue weighted by Gasteiger charge is 2.19. The lowest BCUT2D eigenvalue weighted by atomic mass is 9.97. The number of benzene rings is 2. The molecule has 0 spiro atoms. The Morgan fingerprint density at radius 2 is 1.84 bits per heavy atom. The summed E-state index contributed by atoms with van der Waals surface area (Å²) >= 11 is 0. The number of hydrogen-bond acceptors (Lipinski definition) is 4. The molecule has 2 atom stereocenters. The van der Waals surface area contributed by atoms with Gasteiger partial charge >= 0.3 is 0 Å². The van der Waals surface area contributed by atoms with Crippen LogP contribution in [0.2, 0.25) is 0 Å². The molecule has 160 valence electrons. The molecule has 0 aliphatic heterocycles. The van der Waals surface area contributed by atoms with Gasteiger partial charge in [-0.15, -0.1) is 25.6 Å². The van der Waals surface area contributed by atoms with Crippen molar-refractivity contribution < 1.29 is 9.18 Å². The highest BCUT2D eigenvalue weighted by Crippen LogP contribution is 2.25. The number of pyridine rings is 1. The average Bonchev–Trinajstić information content (AvgIpc) is 2.78. The maximum Gasteiger partial charge on any atom is 0.184 e. The van der Waals surface area contributed by atoms with Crippen LogP contribution in [0.15, 0.2) is 92.2 Å². The fourth-order valence-electron chi connectivity index (χ4n) is 3.27. The van der Waals surface area contributed by atoms with E-state index in [4.69, 9.17) is 5.73 Å². The minimum Gasteiger partial charge on any atom is -0.360 e. The average molecular weight is 438 g/mol. The summed E-state index contributed by atoms with van der Waals surface area (Å²) in [7, 11) is 0. The molecule has 0 radical (unpaired) electrons. The lowest BCUT2D eigenvalue weighted by Crippen LogP contribution is -2.22. The van der Waals surface area contributed by atoms with Gasteiger partial charge < -0.3 is 11.1 Å². The zero-order chi connectivity index (χ0) is 21.5. The summed E-state index contributed by atoms with van der Waals surface area (Å²) in [6.45, 7) is 7.76. The third-order valence-electron chi connectivity index (χ3n) is 4.85. The Balaban J connectivity index is 0.00000341. The lowest BCUT2D eigenvalue weighted by molar-refractivity contribution is 0.0961. The molecule has 1 aromatic heterocycles. The molecule has 0 aliphatic carbocycles. The molecular formula is C25H25ClFN3O. The molecule has 2 unspecified atom stereocenters. The van der Waals surface area contributed by atoms with Crippen molar-refractivity contribution in [3.05, 3.63) is 120 Å². The first-order valence-electron chi connectivity index (χ1n) is 9.62. The molecule has 31 heavy (non-hydrogen) atoms. The minimum atomic E-state index is -0.880. The quantitative estimate of drug-likeness (QED) is 0.338. The first kappa shape index (κ1) is 24.0. The second-order valence-corrected chi connectivity index (χ2v) is 6.87. The monoisotopic (exact) mass is 437 g/mol. The smallest absolute Gasteiger partial charge is 0.184 e. The summed E-state index contributed by atoms with van der Waals surface area (Å²) in [4.78, 5) is 17.0. The van der Waals surface area contributed by atoms with Crippen LogP contribution in [0.1, 0.15) is 39.1 Å². The van der Waals surface area contributed by atoms with Crippen LogP contribution < -0.4 is 11.1 Å². The standard InChI is InChI=1S/C25H24FN3O.ClH/c1-3-7-17-8-5-6-9-21(17)22(4-2)29-23-16-19(14-15-28-23)24(27)25(30)18-10-12-20(26)13-11-18;/h3-6,8-16,22,24H,1-2,7,27H2,(H,28,29);1H. The normalized spacial score (nSPS) is 12.2. The van der Waals surface area contributed by atoms with Crippen LogP contribution in [-0.2, 0) is 6.42 Å². The summed E-state index contributed by atoms with van der Waals surface area (Å²) in [6.07, 6.45) is 6.01. The van der Waals surface area contributed by atoms with Gasteiger partial charge in [-0.05, 0) is 59.5 Å². The number of carbonyl (C=O) groups excluding carboxylic acids is 1. The Hall–Kier alpha value is -3.28. The van der Waals surface area contributed by atoms with Crippen molar-refractivity contribution >= 4 is 24.0 Å². The molecule has 3 N–H and O–H groups in total. The molecule has 0 saturated heterocycles. The Morgan fingerprint density at radius 1 is 1.13 bits per heavy atom. The van der Waals surface area contributed by atoms with Gasteiger partial charge in [-0.1, -0.05) is 36.4 Å². The minimum absolute atomic E-state index is 0. The first-order valence-corrected chi connectivity index (χ1v) is 9.62. The van der Waals surface area contributed by atoms with Crippen molar-refractivity contribution in [1.29, 1.82) is 0 Å². The maximum absolute atomic E-state index is 13.1. The van der Waals surface area contributed by atoms with Gasteiger partial charge in [0.05, 0.1) is 12.1 Å². The Labute approximate surface area is 188 Å². The summed E-state index contributed by atoms with van der Waals surface area (Å²) in [5.41, 5.74) is 9.38. The molecule has 2 aromatic carbocycles. The molecule has 6 heteroatoms. The molecule has 0 fully saturated rings. The van der Waals surface area contributed by atoms with E-state index in [-0.39, 0.29) is 24.2 Å². The van der Waals surface area contributed by atoms with E-state index in [0.29, 0.717) is 16.9 Å². The van der Waals surface area contributed by atoms with E-state index in [1.807, 2.05) is 24.3 Å². The number of carbonyl (C=O) groups is 1. The Bertz CT molecular complexity index is 1050. The maximum atomic E-state index is 13.1. The van der Waals surface area contributed by atoms with Crippen molar-refractivity contribution in [3.8, 4) is 0 Å². The molecule has 1 heterocycles. The largest absolute Gasteiger partial charge is 0.360 e. The van der Waals surface area contributed by atoms with Gasteiger partial charge in [0.15, 0.2) is 5.78 Å². The zero-order valence-corrected chi connectivity index (χ0v) is 17.8. The van der Waals surface area contributed by atoms with E-state index in [1.165, 1.54) is 24.3 Å². The van der Waals surface area contributed by atoms with E-state index in [2.05, 4.69) is 29.5 Å². The highest BCUT2D eigenvalue weighted by molar-refractivity contribution is 6.00. The van der Waals surface area contributed by atoms with E-state index < -0.39 is 11.9 Å². The van der Waals surface area contributed by atoms with Crippen LogP contribution in [-0.4, -0.2) is 10.8 Å². The molecular weight excluding hydrogens is 413 g/mol. The van der Waals surface area contributed by atoms with Crippen LogP contribution in [0.3, 0.4) is 0 Å². The lowest BCUT2D eigenvalue weighted by Gasteiger charge is -2.20. The van der Waals surface area contributed by atoms with Gasteiger partial charge in [0.2, 0.25) is 0 Å². The molecule has 0 aliphatic rings. The van der Waals surface area contributed by atoms with E-state index >= 15 is 0 Å². The number of halogens is 2. The molecule has 0 bridgehead atoms. The van der Waals surface area contributed by atoms with Gasteiger partial charge in [-0.25, -0.2) is 9.37 Å². The number of hydrogen-bond donors (Lipinski definition) is 2. The van der Waals surface area contributed by atoms with Crippen molar-refractivity contribution in [1.82, 2.24) is 4.98 Å². The van der Waals surface area contributed by atoms with Gasteiger partial charge in [0.25, 0.3) is 0 Å². The molecule has 3 aromatic rings. The highest BCUT2D eigenvalue weighted by atomic mass is 35.5. The number of aromatic nitrogens is 1. The van der Waals surface area contributed by atoms with Crippen molar-refractivity contribution in [3.63, 3.8) is 0 Å². The number of rotatable bonds is 9. The number of nitrogens with one attached hydrogen (secondary N) is 1. The fraction of sp³-hybridized carbons (Fsp3) is 0.120. The number of nitrogens with two attached hydrogens (primary N) is 1. The SMILES string of the molecule is C=CCc1ccccc1C(C=C)Nc1cc(C(N)C(=O)c2ccc(F)cc2)ccn1.Cl. The number of Topliss-reactive ketones (excluding diaryl/α,β-unsaturated/α-hetero) is 1. The third-order valence-corrected chi connectivity index (χ3v) is 4.85. The van der Waals surface area contributed by atoms with Crippen molar-refractivity contribution in [2.75, 3.05) is 5.32 Å². The van der Waals surface area contributed by atoms with Gasteiger partial charge in [0, 0.05) is 11.8 Å². The molecule has 3 rings (SSSR count). The number of ketones is 1. The van der Waals surface area contributed by atoms with Gasteiger partial charge in [-0.3, -0.25) is 4.79 Å². The topological polar surface area (TPSA) is 68.0 Å². The number of anilines is 1. The van der Waals surface area contributed by atoms with Crippen LogP contribution in [0.25, 0.3) is 0 Å². The fourth-order valence-corrected chi connectivity index (χ4v) is 3.27. The van der Waals surface area contributed by atoms with Gasteiger partial charge in [0.1, 0.15) is 11.6 Å². The second-order valence-electron chi connectivity index (χ2n) is 6.87. The Kier molecular flexibility index (Phi) is 8.67. The zero-order valence-electron chi connectivity index (χ0n) is 17.0. The summed E-state index contributed by atoms with van der Waals surface area (Å²) < 4.78 is 13.1. The summed E-state index contributed by atoms with van der Waals surface area (Å²) in [5.74, 6) is -0.111. The second kappa shape index (κ2) is 11.2. The molecule has 0 amide bonds. The van der Waals surface area contributed by atoms with Gasteiger partial charge in [-0.2, -0.15) is 0 Å². The third kappa shape index (κ3) is 5.87. The van der Waals surface area contributed by atoms with Crippen molar-refractivity contribution in [2.45, 2.75) is 18.5 Å². The molecule has 0 saturated carbocycles. The van der Waals surface area contributed by atoms with E-state index in [9.17, 15) is 9.18 Å².